The van der Waals surface area contributed by atoms with E-state index in [9.17, 15) is 9.00 Å². The number of esters is 1. The number of fused-ring (bicyclic) bond motifs is 1. The van der Waals surface area contributed by atoms with E-state index in [0.717, 1.165) is 0 Å². The lowest BCUT2D eigenvalue weighted by Gasteiger charge is -1.99. The second-order valence-electron chi connectivity index (χ2n) is 3.65. The summed E-state index contributed by atoms with van der Waals surface area (Å²) < 4.78 is 28.9. The molecule has 2 aromatic rings. The molecule has 0 aliphatic rings. The first-order valence-electron chi connectivity index (χ1n) is 4.77. The quantitative estimate of drug-likeness (QED) is 0.832. The molecule has 0 spiro atoms. The van der Waals surface area contributed by atoms with E-state index in [1.54, 1.807) is 18.2 Å². The highest BCUT2D eigenvalue weighted by atomic mass is 32.2. The minimum Gasteiger partial charge on any atom is -0.463 e. The molecular formula is C11H11NO4S. The van der Waals surface area contributed by atoms with Gasteiger partial charge in [-0.05, 0) is 24.3 Å². The van der Waals surface area contributed by atoms with Gasteiger partial charge in [-0.3, -0.25) is 0 Å². The number of furan rings is 1. The number of carbonyl (C=O) groups excluding carboxylic acids is 1. The Morgan fingerprint density at radius 1 is 1.41 bits per heavy atom. The van der Waals surface area contributed by atoms with Crippen LogP contribution < -0.4 is 0 Å². The van der Waals surface area contributed by atoms with Crippen LogP contribution in [0.1, 0.15) is 10.6 Å². The maximum absolute atomic E-state index is 11.6. The van der Waals surface area contributed by atoms with Crippen molar-refractivity contribution >= 4 is 26.7 Å². The van der Waals surface area contributed by atoms with Crippen molar-refractivity contribution in [3.63, 3.8) is 0 Å². The fraction of sp³-hybridized carbons (Fsp3) is 0.182. The Hall–Kier alpha value is -1.82. The molecule has 0 aliphatic heterocycles. The SMILES string of the molecule is COC(=O)c1cc2cc(S(C)(=N)=O)ccc2o1. The van der Waals surface area contributed by atoms with Gasteiger partial charge in [-0.25, -0.2) is 13.8 Å². The third-order valence-electron chi connectivity index (χ3n) is 2.32. The first kappa shape index (κ1) is 11.7. The van der Waals surface area contributed by atoms with Crippen LogP contribution in [0.5, 0.6) is 0 Å². The highest BCUT2D eigenvalue weighted by Crippen LogP contribution is 2.23. The van der Waals surface area contributed by atoms with Gasteiger partial charge in [-0.15, -0.1) is 0 Å². The summed E-state index contributed by atoms with van der Waals surface area (Å²) in [4.78, 5) is 11.7. The highest BCUT2D eigenvalue weighted by molar-refractivity contribution is 7.91. The lowest BCUT2D eigenvalue weighted by atomic mass is 10.2. The van der Waals surface area contributed by atoms with Gasteiger partial charge in [-0.1, -0.05) is 0 Å². The second-order valence-corrected chi connectivity index (χ2v) is 5.80. The van der Waals surface area contributed by atoms with Gasteiger partial charge in [0.2, 0.25) is 5.76 Å². The summed E-state index contributed by atoms with van der Waals surface area (Å²) in [6, 6.07) is 6.24. The summed E-state index contributed by atoms with van der Waals surface area (Å²) in [7, 11) is -1.50. The van der Waals surface area contributed by atoms with E-state index in [1.807, 2.05) is 0 Å². The molecule has 0 bridgehead atoms. The van der Waals surface area contributed by atoms with Gasteiger partial charge >= 0.3 is 5.97 Å². The monoisotopic (exact) mass is 253 g/mol. The maximum atomic E-state index is 11.6. The predicted molar refractivity (Wildman–Crippen MR) is 62.6 cm³/mol. The molecule has 0 saturated heterocycles. The maximum Gasteiger partial charge on any atom is 0.373 e. The number of nitrogens with one attached hydrogen (secondary N) is 1. The molecule has 2 rings (SSSR count). The average molecular weight is 253 g/mol. The zero-order valence-electron chi connectivity index (χ0n) is 9.35. The van der Waals surface area contributed by atoms with Crippen LogP contribution in [0.15, 0.2) is 33.6 Å². The van der Waals surface area contributed by atoms with Crippen LogP contribution in [0, 0.1) is 4.78 Å². The van der Waals surface area contributed by atoms with Crippen molar-refractivity contribution in [2.45, 2.75) is 4.90 Å². The van der Waals surface area contributed by atoms with Crippen LogP contribution in [0.25, 0.3) is 11.0 Å². The Balaban J connectivity index is 2.60. The van der Waals surface area contributed by atoms with E-state index >= 15 is 0 Å². The number of ether oxygens (including phenoxy) is 1. The third-order valence-corrected chi connectivity index (χ3v) is 3.48. The van der Waals surface area contributed by atoms with Gasteiger partial charge in [0, 0.05) is 16.5 Å². The van der Waals surface area contributed by atoms with Crippen molar-refractivity contribution in [1.29, 1.82) is 4.78 Å². The number of hydrogen-bond donors (Lipinski definition) is 1. The molecule has 1 heterocycles. The van der Waals surface area contributed by atoms with Gasteiger partial charge in [0.1, 0.15) is 5.58 Å². The van der Waals surface area contributed by atoms with Crippen LogP contribution in [0.3, 0.4) is 0 Å². The number of rotatable bonds is 2. The minimum absolute atomic E-state index is 0.0900. The summed E-state index contributed by atoms with van der Waals surface area (Å²) in [5.74, 6) is -0.474. The zero-order chi connectivity index (χ0) is 12.6. The number of methoxy groups -OCH3 is 1. The Kier molecular flexibility index (Phi) is 2.66. The van der Waals surface area contributed by atoms with Crippen molar-refractivity contribution in [3.05, 3.63) is 30.0 Å². The zero-order valence-corrected chi connectivity index (χ0v) is 10.2. The molecule has 1 N–H and O–H groups in total. The molecule has 90 valence electrons. The fourth-order valence-electron chi connectivity index (χ4n) is 1.46. The second kappa shape index (κ2) is 3.89. The van der Waals surface area contributed by atoms with Gasteiger partial charge in [0.15, 0.2) is 0 Å². The van der Waals surface area contributed by atoms with E-state index in [1.165, 1.54) is 19.4 Å². The van der Waals surface area contributed by atoms with Crippen LogP contribution in [-0.4, -0.2) is 23.5 Å². The van der Waals surface area contributed by atoms with Crippen LogP contribution >= 0.6 is 0 Å². The molecular weight excluding hydrogens is 242 g/mol. The van der Waals surface area contributed by atoms with Crippen molar-refractivity contribution in [2.24, 2.45) is 0 Å². The van der Waals surface area contributed by atoms with Crippen LogP contribution in [0.2, 0.25) is 0 Å². The van der Waals surface area contributed by atoms with Gasteiger partial charge in [0.05, 0.1) is 16.8 Å². The standard InChI is InChI=1S/C11H11NO4S/c1-15-11(13)10-6-7-5-8(17(2,12)14)3-4-9(7)16-10/h3-6,12H,1-2H3. The van der Waals surface area contributed by atoms with Gasteiger partial charge < -0.3 is 9.15 Å². The first-order valence-corrected chi connectivity index (χ1v) is 6.74. The predicted octanol–water partition coefficient (Wildman–Crippen LogP) is 2.25. The molecule has 1 aromatic carbocycles. The smallest absolute Gasteiger partial charge is 0.373 e. The third kappa shape index (κ3) is 2.16. The van der Waals surface area contributed by atoms with Crippen molar-refractivity contribution in [1.82, 2.24) is 0 Å². The van der Waals surface area contributed by atoms with Crippen LogP contribution in [-0.2, 0) is 14.5 Å². The summed E-state index contributed by atoms with van der Waals surface area (Å²) >= 11 is 0. The number of benzene rings is 1. The lowest BCUT2D eigenvalue weighted by molar-refractivity contribution is 0.0567. The number of hydrogen-bond acceptors (Lipinski definition) is 5. The molecule has 0 radical (unpaired) electrons. The van der Waals surface area contributed by atoms with E-state index in [0.29, 0.717) is 15.9 Å². The van der Waals surface area contributed by atoms with Gasteiger partial charge in [-0.2, -0.15) is 0 Å². The first-order chi connectivity index (χ1) is 7.91. The molecule has 0 fully saturated rings. The highest BCUT2D eigenvalue weighted by Gasteiger charge is 2.13. The van der Waals surface area contributed by atoms with Crippen molar-refractivity contribution in [2.75, 3.05) is 13.4 Å². The van der Waals surface area contributed by atoms with E-state index in [2.05, 4.69) is 4.74 Å². The molecule has 0 amide bonds. The Labute approximate surface area is 98.3 Å². The summed E-state index contributed by atoms with van der Waals surface area (Å²) in [6.45, 7) is 0. The normalized spacial score (nSPS) is 14.5. The van der Waals surface area contributed by atoms with Crippen molar-refractivity contribution < 1.29 is 18.2 Å². The molecule has 0 saturated carbocycles. The topological polar surface area (TPSA) is 80.4 Å². The largest absolute Gasteiger partial charge is 0.463 e. The summed E-state index contributed by atoms with van der Waals surface area (Å²) in [5, 5.41) is 0.629. The molecule has 17 heavy (non-hydrogen) atoms. The Morgan fingerprint density at radius 3 is 2.71 bits per heavy atom. The molecule has 1 unspecified atom stereocenters. The molecule has 1 aromatic heterocycles. The minimum atomic E-state index is -2.77. The Morgan fingerprint density at radius 2 is 2.12 bits per heavy atom. The summed E-state index contributed by atoms with van der Waals surface area (Å²) in [6.07, 6.45) is 1.34. The van der Waals surface area contributed by atoms with E-state index in [-0.39, 0.29) is 5.76 Å². The van der Waals surface area contributed by atoms with Crippen molar-refractivity contribution in [3.8, 4) is 0 Å². The molecule has 5 nitrogen and oxygen atoms in total. The summed E-state index contributed by atoms with van der Waals surface area (Å²) in [5.41, 5.74) is 0.498. The van der Waals surface area contributed by atoms with E-state index < -0.39 is 15.7 Å². The van der Waals surface area contributed by atoms with Crippen LogP contribution in [0.4, 0.5) is 0 Å². The Bertz CT molecular complexity index is 685. The fourth-order valence-corrected chi connectivity index (χ4v) is 2.14. The molecule has 6 heteroatoms. The van der Waals surface area contributed by atoms with E-state index in [4.69, 9.17) is 9.20 Å². The average Bonchev–Trinajstić information content (AvgIpc) is 2.69. The lowest BCUT2D eigenvalue weighted by Crippen LogP contribution is -1.97. The number of carbonyl (C=O) groups is 1. The molecule has 1 atom stereocenters. The van der Waals surface area contributed by atoms with Gasteiger partial charge in [0.25, 0.3) is 0 Å². The molecule has 0 aliphatic carbocycles.